The van der Waals surface area contributed by atoms with Crippen LogP contribution in [0.15, 0.2) is 59.5 Å². The molecule has 0 aliphatic carbocycles. The van der Waals surface area contributed by atoms with Crippen LogP contribution in [0, 0.1) is 5.82 Å². The van der Waals surface area contributed by atoms with E-state index in [1.54, 1.807) is 11.9 Å². The lowest BCUT2D eigenvalue weighted by atomic mass is 10.1. The van der Waals surface area contributed by atoms with Crippen LogP contribution in [0.4, 0.5) is 4.39 Å². The van der Waals surface area contributed by atoms with Gasteiger partial charge in [-0.2, -0.15) is 4.31 Å². The van der Waals surface area contributed by atoms with Crippen molar-refractivity contribution in [2.45, 2.75) is 17.9 Å². The molecule has 1 heterocycles. The molecule has 1 amide bonds. The molecule has 1 aliphatic rings. The first-order valence-electron chi connectivity index (χ1n) is 9.58. The van der Waals surface area contributed by atoms with Gasteiger partial charge in [0.25, 0.3) is 0 Å². The van der Waals surface area contributed by atoms with Crippen LogP contribution < -0.4 is 0 Å². The largest absolute Gasteiger partial charge is 0.338 e. The maximum absolute atomic E-state index is 13.9. The third-order valence-electron chi connectivity index (χ3n) is 5.40. The summed E-state index contributed by atoms with van der Waals surface area (Å²) in [5, 5.41) is 0. The lowest BCUT2D eigenvalue weighted by Crippen LogP contribution is -2.51. The van der Waals surface area contributed by atoms with Crippen LogP contribution in [0.5, 0.6) is 0 Å². The molecule has 2 aromatic carbocycles. The van der Waals surface area contributed by atoms with E-state index in [4.69, 9.17) is 0 Å². The minimum Gasteiger partial charge on any atom is -0.338 e. The topological polar surface area (TPSA) is 60.9 Å². The number of benzene rings is 2. The van der Waals surface area contributed by atoms with Gasteiger partial charge >= 0.3 is 0 Å². The molecule has 0 bridgehead atoms. The van der Waals surface area contributed by atoms with Crippen LogP contribution in [0.25, 0.3) is 0 Å². The Balaban J connectivity index is 1.57. The van der Waals surface area contributed by atoms with Crippen molar-refractivity contribution in [3.8, 4) is 0 Å². The quantitative estimate of drug-likeness (QED) is 0.721. The predicted molar refractivity (Wildman–Crippen MR) is 109 cm³/mol. The third kappa shape index (κ3) is 4.83. The molecule has 1 saturated heterocycles. The number of likely N-dealkylation sites (N-methyl/N-ethyl adjacent to an activating group) is 1. The van der Waals surface area contributed by atoms with Crippen molar-refractivity contribution in [2.24, 2.45) is 0 Å². The summed E-state index contributed by atoms with van der Waals surface area (Å²) in [4.78, 5) is 16.0. The summed E-state index contributed by atoms with van der Waals surface area (Å²) in [6.07, 6.45) is 0. The molecule has 1 atom stereocenters. The standard InChI is InChI=1S/C21H26FN3O3S/c1-17(18-8-4-3-5-9-18)23(2)21(26)16-24-12-14-25(15-13-24)29(27,28)20-11-7-6-10-19(20)22/h3-11,17H,12-16H2,1-2H3. The monoisotopic (exact) mass is 419 g/mol. The molecule has 2 aromatic rings. The second kappa shape index (κ2) is 9.02. The Bertz CT molecular complexity index is 945. The summed E-state index contributed by atoms with van der Waals surface area (Å²) in [6.45, 7) is 3.50. The van der Waals surface area contributed by atoms with Gasteiger partial charge in [-0.3, -0.25) is 9.69 Å². The molecule has 1 unspecified atom stereocenters. The summed E-state index contributed by atoms with van der Waals surface area (Å²) in [7, 11) is -2.10. The molecule has 3 rings (SSSR count). The highest BCUT2D eigenvalue weighted by Crippen LogP contribution is 2.21. The van der Waals surface area contributed by atoms with E-state index in [0.717, 1.165) is 11.6 Å². The average Bonchev–Trinajstić information content (AvgIpc) is 2.74. The fraction of sp³-hybridized carbons (Fsp3) is 0.381. The number of sulfonamides is 1. The molecule has 1 aliphatic heterocycles. The Morgan fingerprint density at radius 3 is 2.24 bits per heavy atom. The maximum atomic E-state index is 13.9. The van der Waals surface area contributed by atoms with Crippen LogP contribution in [-0.2, 0) is 14.8 Å². The second-order valence-electron chi connectivity index (χ2n) is 7.20. The lowest BCUT2D eigenvalue weighted by molar-refractivity contribution is -0.133. The van der Waals surface area contributed by atoms with Crippen molar-refractivity contribution in [3.63, 3.8) is 0 Å². The predicted octanol–water partition coefficient (Wildman–Crippen LogP) is 2.35. The Labute approximate surface area is 171 Å². The van der Waals surface area contributed by atoms with Gasteiger partial charge in [-0.1, -0.05) is 42.5 Å². The highest BCUT2D eigenvalue weighted by Gasteiger charge is 2.31. The van der Waals surface area contributed by atoms with E-state index in [2.05, 4.69) is 0 Å². The summed E-state index contributed by atoms with van der Waals surface area (Å²) in [5.41, 5.74) is 1.06. The van der Waals surface area contributed by atoms with Gasteiger partial charge in [0.2, 0.25) is 15.9 Å². The van der Waals surface area contributed by atoms with Crippen molar-refractivity contribution in [1.29, 1.82) is 0 Å². The Hall–Kier alpha value is -2.29. The van der Waals surface area contributed by atoms with Crippen LogP contribution in [-0.4, -0.2) is 68.2 Å². The zero-order valence-corrected chi connectivity index (χ0v) is 17.5. The molecule has 0 N–H and O–H groups in total. The first-order chi connectivity index (χ1) is 13.8. The van der Waals surface area contributed by atoms with Crippen molar-refractivity contribution >= 4 is 15.9 Å². The van der Waals surface area contributed by atoms with Crippen LogP contribution >= 0.6 is 0 Å². The highest BCUT2D eigenvalue weighted by molar-refractivity contribution is 7.89. The number of halogens is 1. The van der Waals surface area contributed by atoms with Gasteiger partial charge in [0, 0.05) is 33.2 Å². The van der Waals surface area contributed by atoms with E-state index < -0.39 is 15.8 Å². The van der Waals surface area contributed by atoms with E-state index in [0.29, 0.717) is 13.1 Å². The SMILES string of the molecule is CC(c1ccccc1)N(C)C(=O)CN1CCN(S(=O)(=O)c2ccccc2F)CC1. The number of nitrogens with zero attached hydrogens (tertiary/aromatic N) is 3. The fourth-order valence-electron chi connectivity index (χ4n) is 3.39. The smallest absolute Gasteiger partial charge is 0.246 e. The van der Waals surface area contributed by atoms with E-state index in [1.165, 1.54) is 22.5 Å². The molecular formula is C21H26FN3O3S. The number of piperazine rings is 1. The Morgan fingerprint density at radius 2 is 1.62 bits per heavy atom. The van der Waals surface area contributed by atoms with Gasteiger partial charge in [0.05, 0.1) is 12.6 Å². The molecule has 1 fully saturated rings. The summed E-state index contributed by atoms with van der Waals surface area (Å²) in [6, 6.07) is 15.1. The minimum absolute atomic E-state index is 0.0215. The van der Waals surface area contributed by atoms with E-state index in [9.17, 15) is 17.6 Å². The van der Waals surface area contributed by atoms with Gasteiger partial charge < -0.3 is 4.90 Å². The van der Waals surface area contributed by atoms with Crippen molar-refractivity contribution in [3.05, 3.63) is 66.0 Å². The highest BCUT2D eigenvalue weighted by atomic mass is 32.2. The summed E-state index contributed by atoms with van der Waals surface area (Å²) in [5.74, 6) is -0.770. The Kier molecular flexibility index (Phi) is 6.66. The average molecular weight is 420 g/mol. The molecule has 0 spiro atoms. The molecule has 29 heavy (non-hydrogen) atoms. The van der Waals surface area contributed by atoms with Crippen LogP contribution in [0.2, 0.25) is 0 Å². The molecule has 0 saturated carbocycles. The lowest BCUT2D eigenvalue weighted by Gasteiger charge is -2.35. The van der Waals surface area contributed by atoms with Gasteiger partial charge in [0.15, 0.2) is 0 Å². The molecular weight excluding hydrogens is 393 g/mol. The van der Waals surface area contributed by atoms with E-state index in [-0.39, 0.29) is 36.5 Å². The van der Waals surface area contributed by atoms with Gasteiger partial charge in [-0.15, -0.1) is 0 Å². The van der Waals surface area contributed by atoms with Gasteiger partial charge in [-0.05, 0) is 24.6 Å². The maximum Gasteiger partial charge on any atom is 0.246 e. The molecule has 0 aromatic heterocycles. The number of rotatable bonds is 6. The van der Waals surface area contributed by atoms with E-state index >= 15 is 0 Å². The van der Waals surface area contributed by atoms with Gasteiger partial charge in [-0.25, -0.2) is 12.8 Å². The van der Waals surface area contributed by atoms with Crippen molar-refractivity contribution in [2.75, 3.05) is 39.8 Å². The molecule has 6 nitrogen and oxygen atoms in total. The summed E-state index contributed by atoms with van der Waals surface area (Å²) < 4.78 is 40.6. The molecule has 156 valence electrons. The second-order valence-corrected chi connectivity index (χ2v) is 9.11. The first kappa shape index (κ1) is 21.4. The van der Waals surface area contributed by atoms with Crippen molar-refractivity contribution < 1.29 is 17.6 Å². The Morgan fingerprint density at radius 1 is 1.03 bits per heavy atom. The van der Waals surface area contributed by atoms with Crippen LogP contribution in [0.1, 0.15) is 18.5 Å². The molecule has 8 heteroatoms. The van der Waals surface area contributed by atoms with E-state index in [1.807, 2.05) is 42.2 Å². The third-order valence-corrected chi connectivity index (χ3v) is 7.33. The normalized spacial score (nSPS) is 17.1. The zero-order chi connectivity index (χ0) is 21.0. The summed E-state index contributed by atoms with van der Waals surface area (Å²) >= 11 is 0. The number of amides is 1. The van der Waals surface area contributed by atoms with Crippen molar-refractivity contribution in [1.82, 2.24) is 14.1 Å². The minimum atomic E-state index is -3.87. The van der Waals surface area contributed by atoms with Crippen LogP contribution in [0.3, 0.4) is 0 Å². The fourth-order valence-corrected chi connectivity index (χ4v) is 4.88. The number of hydrogen-bond acceptors (Lipinski definition) is 4. The number of hydrogen-bond donors (Lipinski definition) is 0. The zero-order valence-electron chi connectivity index (χ0n) is 16.7. The first-order valence-corrected chi connectivity index (χ1v) is 11.0. The molecule has 0 radical (unpaired) electrons. The number of carbonyl (C=O) groups excluding carboxylic acids is 1. The van der Waals surface area contributed by atoms with Gasteiger partial charge in [0.1, 0.15) is 10.7 Å². The number of carbonyl (C=O) groups is 1.